The van der Waals surface area contributed by atoms with Crippen LogP contribution in [0, 0.1) is 11.8 Å². The van der Waals surface area contributed by atoms with Crippen molar-refractivity contribution >= 4 is 29.0 Å². The molecule has 0 aromatic carbocycles. The average Bonchev–Trinajstić information content (AvgIpc) is 2.77. The molecule has 0 saturated heterocycles. The second kappa shape index (κ2) is 5.44. The molecule has 0 aliphatic heterocycles. The monoisotopic (exact) mass is 260 g/mol. The van der Waals surface area contributed by atoms with E-state index >= 15 is 0 Å². The molecule has 2 unspecified atom stereocenters. The molecule has 0 spiro atoms. The Morgan fingerprint density at radius 1 is 1.50 bits per heavy atom. The highest BCUT2D eigenvalue weighted by atomic mass is 32.1. The summed E-state index contributed by atoms with van der Waals surface area (Å²) < 4.78 is 0. The number of ketones is 2. The van der Waals surface area contributed by atoms with Crippen LogP contribution in [0.5, 0.6) is 0 Å². The lowest BCUT2D eigenvalue weighted by Gasteiger charge is -2.24. The molecule has 2 atom stereocenters. The molecular formula is C15H16O2S. The molecular weight excluding hydrogens is 244 g/mol. The Morgan fingerprint density at radius 2 is 2.28 bits per heavy atom. The second-order valence-corrected chi connectivity index (χ2v) is 5.78. The predicted molar refractivity (Wildman–Crippen MR) is 74.4 cm³/mol. The third-order valence-electron chi connectivity index (χ3n) is 3.17. The lowest BCUT2D eigenvalue weighted by molar-refractivity contribution is -0.129. The molecule has 94 valence electrons. The van der Waals surface area contributed by atoms with E-state index in [-0.39, 0.29) is 17.5 Å². The van der Waals surface area contributed by atoms with Crippen molar-refractivity contribution in [3.05, 3.63) is 40.1 Å². The fourth-order valence-corrected chi connectivity index (χ4v) is 2.99. The van der Waals surface area contributed by atoms with Crippen molar-refractivity contribution in [2.75, 3.05) is 0 Å². The molecule has 1 aliphatic carbocycles. The topological polar surface area (TPSA) is 34.1 Å². The van der Waals surface area contributed by atoms with Crippen LogP contribution in [-0.4, -0.2) is 11.6 Å². The maximum Gasteiger partial charge on any atom is 0.166 e. The lowest BCUT2D eigenvalue weighted by atomic mass is 9.78. The summed E-state index contributed by atoms with van der Waals surface area (Å²) in [5, 5.41) is 1.96. The number of hydrogen-bond acceptors (Lipinski definition) is 3. The van der Waals surface area contributed by atoms with E-state index in [2.05, 4.69) is 0 Å². The summed E-state index contributed by atoms with van der Waals surface area (Å²) in [4.78, 5) is 25.0. The van der Waals surface area contributed by atoms with Crippen LogP contribution in [-0.2, 0) is 9.59 Å². The molecule has 0 radical (unpaired) electrons. The van der Waals surface area contributed by atoms with E-state index in [1.807, 2.05) is 31.4 Å². The van der Waals surface area contributed by atoms with Gasteiger partial charge in [-0.2, -0.15) is 0 Å². The molecule has 0 saturated carbocycles. The zero-order valence-corrected chi connectivity index (χ0v) is 11.4. The van der Waals surface area contributed by atoms with Crippen molar-refractivity contribution < 1.29 is 9.59 Å². The molecule has 1 aromatic heterocycles. The van der Waals surface area contributed by atoms with Gasteiger partial charge in [0.2, 0.25) is 0 Å². The fraction of sp³-hybridized carbons (Fsp3) is 0.333. The Balaban J connectivity index is 2.12. The number of carbonyl (C=O) groups excluding carboxylic acids is 2. The lowest BCUT2D eigenvalue weighted by Crippen LogP contribution is -2.31. The van der Waals surface area contributed by atoms with Gasteiger partial charge in [-0.05, 0) is 48.9 Å². The minimum Gasteiger partial charge on any atom is -0.294 e. The average molecular weight is 260 g/mol. The van der Waals surface area contributed by atoms with E-state index in [9.17, 15) is 9.59 Å². The number of allylic oxidation sites excluding steroid dienone is 3. The van der Waals surface area contributed by atoms with Crippen LogP contribution in [0.4, 0.5) is 0 Å². The Kier molecular flexibility index (Phi) is 3.92. The summed E-state index contributed by atoms with van der Waals surface area (Å²) in [7, 11) is 0. The summed E-state index contributed by atoms with van der Waals surface area (Å²) in [6.07, 6.45) is 5.77. The van der Waals surface area contributed by atoms with Crippen molar-refractivity contribution in [3.63, 3.8) is 0 Å². The van der Waals surface area contributed by atoms with Crippen molar-refractivity contribution in [1.82, 2.24) is 0 Å². The third-order valence-corrected chi connectivity index (χ3v) is 4.01. The van der Waals surface area contributed by atoms with Crippen LogP contribution >= 0.6 is 11.3 Å². The zero-order chi connectivity index (χ0) is 13.1. The van der Waals surface area contributed by atoms with Gasteiger partial charge in [-0.15, -0.1) is 11.3 Å². The van der Waals surface area contributed by atoms with Crippen LogP contribution in [0.1, 0.15) is 25.1 Å². The van der Waals surface area contributed by atoms with Crippen LogP contribution in [0.3, 0.4) is 0 Å². The second-order valence-electron chi connectivity index (χ2n) is 4.80. The van der Waals surface area contributed by atoms with Crippen LogP contribution in [0.15, 0.2) is 35.2 Å². The van der Waals surface area contributed by atoms with Gasteiger partial charge in [0.15, 0.2) is 11.6 Å². The fourth-order valence-electron chi connectivity index (χ4n) is 2.37. The predicted octanol–water partition coefficient (Wildman–Crippen LogP) is 3.50. The first-order valence-electron chi connectivity index (χ1n) is 6.04. The first-order valence-corrected chi connectivity index (χ1v) is 6.92. The van der Waals surface area contributed by atoms with Crippen LogP contribution in [0.25, 0.3) is 6.08 Å². The van der Waals surface area contributed by atoms with E-state index in [0.29, 0.717) is 0 Å². The molecule has 0 N–H and O–H groups in total. The van der Waals surface area contributed by atoms with Gasteiger partial charge in [0.25, 0.3) is 0 Å². The highest BCUT2D eigenvalue weighted by Crippen LogP contribution is 2.28. The van der Waals surface area contributed by atoms with E-state index < -0.39 is 5.92 Å². The maximum absolute atomic E-state index is 12.1. The quantitative estimate of drug-likeness (QED) is 0.615. The molecule has 1 heterocycles. The minimum atomic E-state index is -0.495. The Hall–Kier alpha value is -1.48. The molecule has 2 rings (SSSR count). The van der Waals surface area contributed by atoms with Crippen molar-refractivity contribution in [2.45, 2.75) is 20.3 Å². The highest BCUT2D eigenvalue weighted by Gasteiger charge is 2.32. The summed E-state index contributed by atoms with van der Waals surface area (Å²) in [6, 6.07) is 3.89. The van der Waals surface area contributed by atoms with E-state index in [4.69, 9.17) is 0 Å². The van der Waals surface area contributed by atoms with Crippen molar-refractivity contribution in [1.29, 1.82) is 0 Å². The zero-order valence-electron chi connectivity index (χ0n) is 10.6. The van der Waals surface area contributed by atoms with E-state index in [1.54, 1.807) is 29.6 Å². The summed E-state index contributed by atoms with van der Waals surface area (Å²) in [6.45, 7) is 3.91. The SMILES string of the molecule is CC1=CC(=O)C(C(=O)/C=C/c2cccs2)C(C)C1. The Morgan fingerprint density at radius 3 is 2.89 bits per heavy atom. The largest absolute Gasteiger partial charge is 0.294 e. The molecule has 2 nitrogen and oxygen atoms in total. The first kappa shape index (κ1) is 13.0. The van der Waals surface area contributed by atoms with Gasteiger partial charge in [-0.3, -0.25) is 9.59 Å². The Labute approximate surface area is 111 Å². The van der Waals surface area contributed by atoms with Crippen LogP contribution < -0.4 is 0 Å². The van der Waals surface area contributed by atoms with E-state index in [0.717, 1.165) is 16.9 Å². The van der Waals surface area contributed by atoms with Gasteiger partial charge in [-0.1, -0.05) is 18.6 Å². The molecule has 0 amide bonds. The molecule has 1 aromatic rings. The molecule has 1 aliphatic rings. The number of thiophene rings is 1. The standard InChI is InChI=1S/C15H16O2S/c1-10-8-11(2)15(14(17)9-10)13(16)6-5-12-4-3-7-18-12/h3-7,9,11,15H,8H2,1-2H3/b6-5+. The van der Waals surface area contributed by atoms with Crippen molar-refractivity contribution in [2.24, 2.45) is 11.8 Å². The smallest absolute Gasteiger partial charge is 0.166 e. The summed E-state index contributed by atoms with van der Waals surface area (Å²) in [5.74, 6) is -0.523. The highest BCUT2D eigenvalue weighted by molar-refractivity contribution is 7.10. The molecule has 0 fully saturated rings. The van der Waals surface area contributed by atoms with Gasteiger partial charge in [0.05, 0.1) is 5.92 Å². The van der Waals surface area contributed by atoms with Crippen LogP contribution in [0.2, 0.25) is 0 Å². The number of carbonyl (C=O) groups is 2. The first-order chi connectivity index (χ1) is 8.58. The minimum absolute atomic E-state index is 0.0490. The molecule has 3 heteroatoms. The third kappa shape index (κ3) is 2.85. The molecule has 18 heavy (non-hydrogen) atoms. The van der Waals surface area contributed by atoms with Gasteiger partial charge in [0, 0.05) is 4.88 Å². The molecule has 0 bridgehead atoms. The summed E-state index contributed by atoms with van der Waals surface area (Å²) >= 11 is 1.58. The van der Waals surface area contributed by atoms with Gasteiger partial charge < -0.3 is 0 Å². The maximum atomic E-state index is 12.1. The van der Waals surface area contributed by atoms with Gasteiger partial charge in [-0.25, -0.2) is 0 Å². The summed E-state index contributed by atoms with van der Waals surface area (Å²) in [5.41, 5.74) is 1.07. The number of rotatable bonds is 3. The van der Waals surface area contributed by atoms with Crippen molar-refractivity contribution in [3.8, 4) is 0 Å². The number of hydrogen-bond donors (Lipinski definition) is 0. The van der Waals surface area contributed by atoms with Gasteiger partial charge in [0.1, 0.15) is 0 Å². The van der Waals surface area contributed by atoms with E-state index in [1.165, 1.54) is 0 Å². The normalized spacial score (nSPS) is 24.3. The van der Waals surface area contributed by atoms with Gasteiger partial charge >= 0.3 is 0 Å². The Bertz CT molecular complexity index is 509.